The SMILES string of the molecule is O[N+]1(c2ccccc2)CC[N]CC1. The first-order valence-electron chi connectivity index (χ1n) is 4.60. The molecule has 0 saturated carbocycles. The number of benzene rings is 1. The van der Waals surface area contributed by atoms with E-state index in [0.29, 0.717) is 13.1 Å². The number of nitrogens with zero attached hydrogens (tertiary/aromatic N) is 2. The van der Waals surface area contributed by atoms with E-state index >= 15 is 0 Å². The Balaban J connectivity index is 2.23. The lowest BCUT2D eigenvalue weighted by molar-refractivity contribution is -0.0876. The van der Waals surface area contributed by atoms with E-state index in [1.165, 1.54) is 0 Å². The number of hydrogen-bond acceptors (Lipinski definition) is 1. The van der Waals surface area contributed by atoms with Gasteiger partial charge in [0, 0.05) is 12.1 Å². The van der Waals surface area contributed by atoms with Gasteiger partial charge < -0.3 is 0 Å². The molecule has 0 spiro atoms. The third kappa shape index (κ3) is 1.72. The molecule has 1 aliphatic heterocycles. The molecule has 0 bridgehead atoms. The molecule has 1 aromatic rings. The maximum Gasteiger partial charge on any atom is 0.165 e. The largest absolute Gasteiger partial charge is 0.230 e. The average molecular weight is 178 g/mol. The van der Waals surface area contributed by atoms with Gasteiger partial charge in [-0.15, -0.1) is 4.65 Å². The maximum atomic E-state index is 10.2. The highest BCUT2D eigenvalue weighted by Crippen LogP contribution is 2.20. The van der Waals surface area contributed by atoms with E-state index in [0.717, 1.165) is 18.8 Å². The van der Waals surface area contributed by atoms with Crippen molar-refractivity contribution in [1.82, 2.24) is 9.96 Å². The third-order valence-electron chi connectivity index (χ3n) is 2.49. The van der Waals surface area contributed by atoms with Gasteiger partial charge in [0.25, 0.3) is 0 Å². The van der Waals surface area contributed by atoms with Crippen molar-refractivity contribution in [3.8, 4) is 0 Å². The van der Waals surface area contributed by atoms with Gasteiger partial charge in [-0.25, -0.2) is 10.5 Å². The number of piperazine rings is 1. The van der Waals surface area contributed by atoms with E-state index in [1.54, 1.807) is 0 Å². The van der Waals surface area contributed by atoms with Crippen LogP contribution < -0.4 is 9.96 Å². The molecular formula is C10H14N2O+. The Hall–Kier alpha value is -0.900. The highest BCUT2D eigenvalue weighted by Gasteiger charge is 2.31. The minimum Gasteiger partial charge on any atom is -0.230 e. The van der Waals surface area contributed by atoms with Crippen molar-refractivity contribution in [1.29, 1.82) is 0 Å². The summed E-state index contributed by atoms with van der Waals surface area (Å²) < 4.78 is 0.0460. The van der Waals surface area contributed by atoms with E-state index in [4.69, 9.17) is 0 Å². The molecular weight excluding hydrogens is 164 g/mol. The summed E-state index contributed by atoms with van der Waals surface area (Å²) in [6, 6.07) is 9.80. The van der Waals surface area contributed by atoms with Gasteiger partial charge in [-0.05, 0) is 0 Å². The van der Waals surface area contributed by atoms with Crippen molar-refractivity contribution in [2.24, 2.45) is 0 Å². The first-order chi connectivity index (χ1) is 6.31. The topological polar surface area (TPSA) is 34.3 Å². The van der Waals surface area contributed by atoms with Crippen LogP contribution in [0.3, 0.4) is 0 Å². The predicted molar refractivity (Wildman–Crippen MR) is 51.6 cm³/mol. The zero-order chi connectivity index (χ0) is 9.15. The van der Waals surface area contributed by atoms with Gasteiger partial charge in [-0.1, -0.05) is 18.2 Å². The average Bonchev–Trinajstić information content (AvgIpc) is 2.20. The van der Waals surface area contributed by atoms with Crippen LogP contribution in [-0.2, 0) is 0 Å². The van der Waals surface area contributed by atoms with Crippen LogP contribution in [0.2, 0.25) is 0 Å². The lowest BCUT2D eigenvalue weighted by Crippen LogP contribution is -2.55. The summed E-state index contributed by atoms with van der Waals surface area (Å²) in [6.07, 6.45) is 0. The molecule has 1 saturated heterocycles. The monoisotopic (exact) mass is 178 g/mol. The number of rotatable bonds is 1. The summed E-state index contributed by atoms with van der Waals surface area (Å²) in [5, 5.41) is 14.4. The Kier molecular flexibility index (Phi) is 2.31. The van der Waals surface area contributed by atoms with E-state index in [-0.39, 0.29) is 4.65 Å². The van der Waals surface area contributed by atoms with Gasteiger partial charge in [-0.3, -0.25) is 0 Å². The molecule has 0 aliphatic carbocycles. The molecule has 1 N–H and O–H groups in total. The minimum atomic E-state index is 0.0460. The summed E-state index contributed by atoms with van der Waals surface area (Å²) >= 11 is 0. The van der Waals surface area contributed by atoms with Crippen LogP contribution >= 0.6 is 0 Å². The van der Waals surface area contributed by atoms with Gasteiger partial charge >= 0.3 is 0 Å². The van der Waals surface area contributed by atoms with Crippen molar-refractivity contribution >= 4 is 5.69 Å². The number of hydrogen-bond donors (Lipinski definition) is 1. The second kappa shape index (κ2) is 3.46. The lowest BCUT2D eigenvalue weighted by atomic mass is 10.2. The summed E-state index contributed by atoms with van der Waals surface area (Å²) in [4.78, 5) is 0. The smallest absolute Gasteiger partial charge is 0.165 e. The van der Waals surface area contributed by atoms with Gasteiger partial charge in [-0.2, -0.15) is 0 Å². The van der Waals surface area contributed by atoms with Crippen LogP contribution in [-0.4, -0.2) is 31.4 Å². The molecule has 13 heavy (non-hydrogen) atoms. The zero-order valence-electron chi connectivity index (χ0n) is 7.56. The molecule has 69 valence electrons. The second-order valence-corrected chi connectivity index (χ2v) is 3.38. The van der Waals surface area contributed by atoms with Gasteiger partial charge in [0.15, 0.2) is 5.69 Å². The number of hydroxylamine groups is 2. The molecule has 1 aromatic carbocycles. The normalized spacial score (nSPS) is 21.3. The standard InChI is InChI=1S/C10H14N2O/c13-12(8-6-11-7-9-12)10-4-2-1-3-5-10/h1-5,13H,6-9H2/q+1. The highest BCUT2D eigenvalue weighted by atomic mass is 16.5. The van der Waals surface area contributed by atoms with E-state index in [2.05, 4.69) is 5.32 Å². The van der Waals surface area contributed by atoms with Gasteiger partial charge in [0.2, 0.25) is 0 Å². The Labute approximate surface area is 78.2 Å². The fourth-order valence-corrected chi connectivity index (χ4v) is 1.66. The third-order valence-corrected chi connectivity index (χ3v) is 2.49. The quantitative estimate of drug-likeness (QED) is 0.640. The first-order valence-corrected chi connectivity index (χ1v) is 4.60. The fraction of sp³-hybridized carbons (Fsp3) is 0.400. The molecule has 1 fully saturated rings. The second-order valence-electron chi connectivity index (χ2n) is 3.38. The summed E-state index contributed by atoms with van der Waals surface area (Å²) in [5.41, 5.74) is 0.970. The Bertz CT molecular complexity index is 268. The van der Waals surface area contributed by atoms with Crippen molar-refractivity contribution in [3.63, 3.8) is 0 Å². The van der Waals surface area contributed by atoms with Gasteiger partial charge in [0.05, 0.1) is 13.1 Å². The van der Waals surface area contributed by atoms with Crippen LogP contribution in [0.25, 0.3) is 0 Å². The molecule has 0 unspecified atom stereocenters. The predicted octanol–water partition coefficient (Wildman–Crippen LogP) is 1.00. The molecule has 1 aliphatic rings. The Morgan fingerprint density at radius 2 is 1.69 bits per heavy atom. The van der Waals surface area contributed by atoms with E-state index < -0.39 is 0 Å². The van der Waals surface area contributed by atoms with Gasteiger partial charge in [0.1, 0.15) is 13.1 Å². The molecule has 1 heterocycles. The van der Waals surface area contributed by atoms with Crippen molar-refractivity contribution in [3.05, 3.63) is 30.3 Å². The molecule has 1 radical (unpaired) electrons. The highest BCUT2D eigenvalue weighted by molar-refractivity contribution is 5.40. The Morgan fingerprint density at radius 1 is 1.08 bits per heavy atom. The van der Waals surface area contributed by atoms with Crippen molar-refractivity contribution < 1.29 is 5.21 Å². The van der Waals surface area contributed by atoms with Crippen LogP contribution in [0.1, 0.15) is 0 Å². The number of para-hydroxylation sites is 1. The van der Waals surface area contributed by atoms with E-state index in [1.807, 2.05) is 30.3 Å². The van der Waals surface area contributed by atoms with Crippen molar-refractivity contribution in [2.75, 3.05) is 26.2 Å². The Morgan fingerprint density at radius 3 is 2.31 bits per heavy atom. The lowest BCUT2D eigenvalue weighted by Gasteiger charge is -2.32. The van der Waals surface area contributed by atoms with Crippen molar-refractivity contribution in [2.45, 2.75) is 0 Å². The molecule has 0 amide bonds. The van der Waals surface area contributed by atoms with Crippen LogP contribution in [0.15, 0.2) is 30.3 Å². The van der Waals surface area contributed by atoms with Crippen LogP contribution in [0.4, 0.5) is 5.69 Å². The molecule has 2 rings (SSSR count). The van der Waals surface area contributed by atoms with Crippen LogP contribution in [0, 0.1) is 0 Å². The van der Waals surface area contributed by atoms with E-state index in [9.17, 15) is 5.21 Å². The zero-order valence-corrected chi connectivity index (χ0v) is 7.56. The minimum absolute atomic E-state index is 0.0460. The summed E-state index contributed by atoms with van der Waals surface area (Å²) in [7, 11) is 0. The maximum absolute atomic E-state index is 10.2. The molecule has 3 heteroatoms. The first kappa shape index (κ1) is 8.69. The fourth-order valence-electron chi connectivity index (χ4n) is 1.66. The molecule has 0 aromatic heterocycles. The number of quaternary nitrogens is 1. The molecule has 3 nitrogen and oxygen atoms in total. The molecule has 0 atom stereocenters. The summed E-state index contributed by atoms with van der Waals surface area (Å²) in [6.45, 7) is 2.91. The summed E-state index contributed by atoms with van der Waals surface area (Å²) in [5.74, 6) is 0. The van der Waals surface area contributed by atoms with Crippen LogP contribution in [0.5, 0.6) is 0 Å².